The fourth-order valence-electron chi connectivity index (χ4n) is 2.70. The van der Waals surface area contributed by atoms with E-state index in [9.17, 15) is 19.7 Å². The first-order chi connectivity index (χ1) is 14.8. The fraction of sp³-hybridized carbons (Fsp3) is 0.0500. The number of carbonyl (C=O) groups is 2. The van der Waals surface area contributed by atoms with Gasteiger partial charge < -0.3 is 19.6 Å². The van der Waals surface area contributed by atoms with Gasteiger partial charge in [-0.05, 0) is 48.6 Å². The lowest BCUT2D eigenvalue weighted by Gasteiger charge is -2.13. The maximum Gasteiger partial charge on any atom is 0.335 e. The molecule has 3 aromatic rings. The number of hydrogen-bond donors (Lipinski definition) is 3. The number of thiocarbonyl (C=S) groups is 1. The Labute approximate surface area is 180 Å². The summed E-state index contributed by atoms with van der Waals surface area (Å²) >= 11 is 5.11. The minimum atomic E-state index is -1.14. The molecule has 31 heavy (non-hydrogen) atoms. The summed E-state index contributed by atoms with van der Waals surface area (Å²) in [5.41, 5.74) is 0.305. The number of hydrogen-bond acceptors (Lipinski definition) is 7. The van der Waals surface area contributed by atoms with E-state index in [1.54, 1.807) is 6.07 Å². The molecule has 0 aliphatic carbocycles. The van der Waals surface area contributed by atoms with E-state index in [0.29, 0.717) is 5.75 Å². The zero-order valence-electron chi connectivity index (χ0n) is 15.9. The summed E-state index contributed by atoms with van der Waals surface area (Å²) in [6, 6.07) is 12.9. The zero-order valence-corrected chi connectivity index (χ0v) is 16.8. The second kappa shape index (κ2) is 9.05. The lowest BCUT2D eigenvalue weighted by Crippen LogP contribution is -2.34. The predicted octanol–water partition coefficient (Wildman–Crippen LogP) is 3.69. The van der Waals surface area contributed by atoms with Gasteiger partial charge in [0.25, 0.3) is 11.6 Å². The van der Waals surface area contributed by atoms with Crippen LogP contribution in [0.15, 0.2) is 59.0 Å². The highest BCUT2D eigenvalue weighted by molar-refractivity contribution is 7.80. The van der Waals surface area contributed by atoms with E-state index in [-0.39, 0.29) is 39.1 Å². The van der Waals surface area contributed by atoms with Crippen molar-refractivity contribution in [2.75, 3.05) is 12.4 Å². The smallest absolute Gasteiger partial charge is 0.335 e. The van der Waals surface area contributed by atoms with Gasteiger partial charge in [-0.1, -0.05) is 12.1 Å². The minimum Gasteiger partial charge on any atom is -0.495 e. The molecule has 3 rings (SSSR count). The Bertz CT molecular complexity index is 1190. The first-order valence-electron chi connectivity index (χ1n) is 8.67. The summed E-state index contributed by atoms with van der Waals surface area (Å²) in [6.07, 6.45) is 0. The van der Waals surface area contributed by atoms with Crippen LogP contribution < -0.4 is 15.4 Å². The van der Waals surface area contributed by atoms with Crippen LogP contribution in [0.5, 0.6) is 5.75 Å². The number of anilines is 1. The van der Waals surface area contributed by atoms with Gasteiger partial charge in [0.2, 0.25) is 0 Å². The van der Waals surface area contributed by atoms with Crippen molar-refractivity contribution in [3.63, 3.8) is 0 Å². The van der Waals surface area contributed by atoms with Crippen LogP contribution in [0.2, 0.25) is 0 Å². The molecule has 0 atom stereocenters. The average Bonchev–Trinajstić information content (AvgIpc) is 3.23. The number of methoxy groups -OCH3 is 1. The van der Waals surface area contributed by atoms with Gasteiger partial charge in [-0.25, -0.2) is 4.79 Å². The van der Waals surface area contributed by atoms with Crippen LogP contribution >= 0.6 is 12.2 Å². The Morgan fingerprint density at radius 3 is 2.58 bits per heavy atom. The van der Waals surface area contributed by atoms with E-state index >= 15 is 0 Å². The number of furan rings is 1. The Hall–Kier alpha value is -4.25. The van der Waals surface area contributed by atoms with Crippen molar-refractivity contribution in [2.45, 2.75) is 0 Å². The molecular formula is C20H15N3O7S. The molecule has 158 valence electrons. The van der Waals surface area contributed by atoms with E-state index in [2.05, 4.69) is 10.6 Å². The molecule has 0 aliphatic heterocycles. The summed E-state index contributed by atoms with van der Waals surface area (Å²) in [5, 5.41) is 25.3. The first-order valence-corrected chi connectivity index (χ1v) is 9.08. The standard InChI is InChI=1S/C20H15N3O7S/c1-29-16-7-6-11(19(25)26)10-13(16)21-20(31)22-18(24)17-9-8-15(30-17)12-4-2-3-5-14(12)23(27)28/h2-10H,1H3,(H,25,26)(H2,21,22,24,31). The number of amides is 1. The van der Waals surface area contributed by atoms with Crippen molar-refractivity contribution in [1.29, 1.82) is 0 Å². The van der Waals surface area contributed by atoms with Crippen LogP contribution in [0.1, 0.15) is 20.9 Å². The van der Waals surface area contributed by atoms with Gasteiger partial charge in [-0.2, -0.15) is 0 Å². The maximum absolute atomic E-state index is 12.4. The van der Waals surface area contributed by atoms with Crippen molar-refractivity contribution in [3.8, 4) is 17.1 Å². The summed E-state index contributed by atoms with van der Waals surface area (Å²) in [4.78, 5) is 34.2. The normalized spacial score (nSPS) is 10.2. The number of carboxylic acid groups (broad SMARTS) is 1. The Morgan fingerprint density at radius 2 is 1.90 bits per heavy atom. The average molecular weight is 441 g/mol. The van der Waals surface area contributed by atoms with Crippen molar-refractivity contribution < 1.29 is 28.8 Å². The van der Waals surface area contributed by atoms with Crippen LogP contribution in [0.4, 0.5) is 11.4 Å². The highest BCUT2D eigenvalue weighted by Gasteiger charge is 2.20. The third-order valence-corrected chi connectivity index (χ3v) is 4.32. The van der Waals surface area contributed by atoms with Crippen molar-refractivity contribution in [3.05, 3.63) is 76.0 Å². The molecule has 1 heterocycles. The lowest BCUT2D eigenvalue weighted by atomic mass is 10.1. The summed E-state index contributed by atoms with van der Waals surface area (Å²) < 4.78 is 10.6. The molecule has 0 saturated carbocycles. The highest BCUT2D eigenvalue weighted by Crippen LogP contribution is 2.31. The van der Waals surface area contributed by atoms with Crippen LogP contribution in [0, 0.1) is 10.1 Å². The monoisotopic (exact) mass is 441 g/mol. The SMILES string of the molecule is COc1ccc(C(=O)O)cc1NC(=S)NC(=O)c1ccc(-c2ccccc2[N+](=O)[O-])o1. The first kappa shape index (κ1) is 21.5. The second-order valence-electron chi connectivity index (χ2n) is 6.07. The molecule has 3 N–H and O–H groups in total. The van der Waals surface area contributed by atoms with E-state index in [0.717, 1.165) is 0 Å². The number of rotatable bonds is 6. The maximum atomic E-state index is 12.4. The van der Waals surface area contributed by atoms with Crippen LogP contribution in [-0.2, 0) is 0 Å². The van der Waals surface area contributed by atoms with Gasteiger partial charge in [0, 0.05) is 6.07 Å². The molecule has 1 aromatic heterocycles. The van der Waals surface area contributed by atoms with Gasteiger partial charge in [0.05, 0.1) is 28.8 Å². The molecule has 0 unspecified atom stereocenters. The lowest BCUT2D eigenvalue weighted by molar-refractivity contribution is -0.384. The molecule has 0 saturated heterocycles. The van der Waals surface area contributed by atoms with Crippen molar-refractivity contribution in [2.24, 2.45) is 0 Å². The molecule has 0 spiro atoms. The molecule has 1 amide bonds. The summed E-state index contributed by atoms with van der Waals surface area (Å²) in [6.45, 7) is 0. The van der Waals surface area contributed by atoms with Gasteiger partial charge >= 0.3 is 5.97 Å². The third kappa shape index (κ3) is 4.85. The molecule has 0 fully saturated rings. The predicted molar refractivity (Wildman–Crippen MR) is 114 cm³/mol. The van der Waals surface area contributed by atoms with Gasteiger partial charge in [-0.3, -0.25) is 20.2 Å². The number of nitro groups is 1. The van der Waals surface area contributed by atoms with Gasteiger partial charge in [0.15, 0.2) is 10.9 Å². The summed E-state index contributed by atoms with van der Waals surface area (Å²) in [5.74, 6) is -1.50. The van der Waals surface area contributed by atoms with Gasteiger partial charge in [0.1, 0.15) is 11.5 Å². The fourth-order valence-corrected chi connectivity index (χ4v) is 2.91. The van der Waals surface area contributed by atoms with Crippen LogP contribution in [-0.4, -0.2) is 34.1 Å². The molecule has 0 radical (unpaired) electrons. The molecular weight excluding hydrogens is 426 g/mol. The number of nitro benzene ring substituents is 1. The molecule has 2 aromatic carbocycles. The molecule has 0 aliphatic rings. The largest absolute Gasteiger partial charge is 0.495 e. The highest BCUT2D eigenvalue weighted by atomic mass is 32.1. The number of para-hydroxylation sites is 1. The summed E-state index contributed by atoms with van der Waals surface area (Å²) in [7, 11) is 1.40. The van der Waals surface area contributed by atoms with E-state index in [1.165, 1.54) is 55.6 Å². The Balaban J connectivity index is 1.75. The van der Waals surface area contributed by atoms with Crippen molar-refractivity contribution >= 4 is 40.6 Å². The molecule has 0 bridgehead atoms. The van der Waals surface area contributed by atoms with E-state index in [1.807, 2.05) is 0 Å². The quantitative estimate of drug-likeness (QED) is 0.296. The zero-order chi connectivity index (χ0) is 22.5. The molecule has 11 heteroatoms. The molecule has 10 nitrogen and oxygen atoms in total. The van der Waals surface area contributed by atoms with E-state index in [4.69, 9.17) is 26.5 Å². The topological polar surface area (TPSA) is 144 Å². The van der Waals surface area contributed by atoms with Crippen LogP contribution in [0.25, 0.3) is 11.3 Å². The number of benzene rings is 2. The number of carboxylic acids is 1. The Kier molecular flexibility index (Phi) is 6.26. The van der Waals surface area contributed by atoms with Crippen LogP contribution in [0.3, 0.4) is 0 Å². The number of ether oxygens (including phenoxy) is 1. The van der Waals surface area contributed by atoms with Crippen molar-refractivity contribution in [1.82, 2.24) is 5.32 Å². The minimum absolute atomic E-state index is 0.00226. The number of nitrogens with zero attached hydrogens (tertiary/aromatic N) is 1. The number of carbonyl (C=O) groups excluding carboxylic acids is 1. The second-order valence-corrected chi connectivity index (χ2v) is 6.47. The third-order valence-electron chi connectivity index (χ3n) is 4.12. The van der Waals surface area contributed by atoms with E-state index < -0.39 is 16.8 Å². The number of aromatic carboxylic acids is 1. The number of nitrogens with one attached hydrogen (secondary N) is 2. The van der Waals surface area contributed by atoms with Gasteiger partial charge in [-0.15, -0.1) is 0 Å². The Morgan fingerprint density at radius 1 is 1.16 bits per heavy atom.